The van der Waals surface area contributed by atoms with Crippen LogP contribution in [-0.4, -0.2) is 67.6 Å². The number of phosphoric ester groups is 1. The number of carbonyl (C=O) groups is 1. The zero-order valence-electron chi connectivity index (χ0n) is 20.6. The minimum Gasteiger partial charge on any atom is -0.454 e. The molecule has 7 atom stereocenters. The second-order valence-corrected chi connectivity index (χ2v) is 10.7. The van der Waals surface area contributed by atoms with Gasteiger partial charge < -0.3 is 35.6 Å². The minimum absolute atomic E-state index is 0.0364. The van der Waals surface area contributed by atoms with Gasteiger partial charge in [0, 0.05) is 18.4 Å². The molecule has 7 unspecified atom stereocenters. The number of aliphatic hydroxyl groups excluding tert-OH is 2. The molecule has 1 saturated carbocycles. The van der Waals surface area contributed by atoms with Gasteiger partial charge in [-0.15, -0.1) is 0 Å². The summed E-state index contributed by atoms with van der Waals surface area (Å²) in [5.74, 6) is -0.416. The number of rotatable bonds is 13. The van der Waals surface area contributed by atoms with E-state index in [0.717, 1.165) is 19.3 Å². The number of hydrogen-bond donors (Lipinski definition) is 6. The first-order chi connectivity index (χ1) is 17.0. The van der Waals surface area contributed by atoms with Gasteiger partial charge in [0.05, 0.1) is 12.2 Å². The monoisotopic (exact) mass is 529 g/mol. The van der Waals surface area contributed by atoms with Crippen LogP contribution >= 0.6 is 7.82 Å². The lowest BCUT2D eigenvalue weighted by Gasteiger charge is -2.35. The Morgan fingerprint density at radius 3 is 2.69 bits per heavy atom. The van der Waals surface area contributed by atoms with Crippen molar-refractivity contribution in [1.82, 2.24) is 0 Å². The molecular formula is C25H40NO9P. The molecule has 1 aliphatic heterocycles. The van der Waals surface area contributed by atoms with Crippen LogP contribution in [0, 0.1) is 11.8 Å². The highest BCUT2D eigenvalue weighted by atomic mass is 31.2. The van der Waals surface area contributed by atoms with Crippen molar-refractivity contribution in [3.05, 3.63) is 48.6 Å². The van der Waals surface area contributed by atoms with Gasteiger partial charge in [-0.25, -0.2) is 9.36 Å². The van der Waals surface area contributed by atoms with Crippen molar-refractivity contribution in [2.75, 3.05) is 6.54 Å². The molecular weight excluding hydrogens is 489 g/mol. The van der Waals surface area contributed by atoms with E-state index < -0.39 is 37.7 Å². The molecule has 204 valence electrons. The number of ether oxygens (including phenoxy) is 1. The van der Waals surface area contributed by atoms with E-state index in [2.05, 4.69) is 0 Å². The molecule has 2 aliphatic rings. The van der Waals surface area contributed by atoms with Gasteiger partial charge in [0.1, 0.15) is 17.8 Å². The van der Waals surface area contributed by atoms with Gasteiger partial charge in [0.25, 0.3) is 0 Å². The van der Waals surface area contributed by atoms with E-state index in [0.29, 0.717) is 12.8 Å². The van der Waals surface area contributed by atoms with Gasteiger partial charge in [0.2, 0.25) is 0 Å². The van der Waals surface area contributed by atoms with Gasteiger partial charge in [0.15, 0.2) is 0 Å². The lowest BCUT2D eigenvalue weighted by Crippen LogP contribution is -2.45. The lowest BCUT2D eigenvalue weighted by molar-refractivity contribution is -0.143. The first-order valence-electron chi connectivity index (χ1n) is 12.4. The number of hydrogen-bond acceptors (Lipinski definition) is 8. The van der Waals surface area contributed by atoms with Crippen molar-refractivity contribution >= 4 is 13.8 Å². The van der Waals surface area contributed by atoms with Crippen LogP contribution in [0.4, 0.5) is 0 Å². The largest absolute Gasteiger partial charge is 0.469 e. The second kappa shape index (κ2) is 14.4. The summed E-state index contributed by atoms with van der Waals surface area (Å²) in [4.78, 5) is 30.6. The normalized spacial score (nSPS) is 29.0. The van der Waals surface area contributed by atoms with Crippen molar-refractivity contribution in [3.63, 3.8) is 0 Å². The van der Waals surface area contributed by atoms with Gasteiger partial charge in [-0.2, -0.15) is 0 Å². The van der Waals surface area contributed by atoms with Crippen LogP contribution in [0.5, 0.6) is 0 Å². The lowest BCUT2D eigenvalue weighted by atomic mass is 9.86. The topological polar surface area (TPSA) is 180 Å². The Morgan fingerprint density at radius 1 is 1.31 bits per heavy atom. The molecule has 0 aromatic heterocycles. The van der Waals surface area contributed by atoms with Crippen LogP contribution in [0.2, 0.25) is 0 Å². The summed E-state index contributed by atoms with van der Waals surface area (Å²) >= 11 is 0. The van der Waals surface area contributed by atoms with Gasteiger partial charge in [-0.1, -0.05) is 49.8 Å². The molecule has 11 heteroatoms. The van der Waals surface area contributed by atoms with E-state index in [1.165, 1.54) is 24.3 Å². The summed E-state index contributed by atoms with van der Waals surface area (Å²) < 4.78 is 21.9. The third-order valence-electron chi connectivity index (χ3n) is 6.54. The Kier molecular flexibility index (Phi) is 12.2. The number of carbonyl (C=O) groups excluding carboxylic acids is 1. The Hall–Kier alpha value is -1.62. The molecule has 0 spiro atoms. The third kappa shape index (κ3) is 10.4. The Morgan fingerprint density at radius 2 is 2.06 bits per heavy atom. The number of phosphoric acid groups is 1. The molecule has 0 aromatic rings. The predicted molar refractivity (Wildman–Crippen MR) is 134 cm³/mol. The summed E-state index contributed by atoms with van der Waals surface area (Å²) in [5.41, 5.74) is 3.71. The average Bonchev–Trinajstić information content (AvgIpc) is 2.79. The van der Waals surface area contributed by atoms with Gasteiger partial charge in [-0.05, 0) is 50.6 Å². The van der Waals surface area contributed by atoms with E-state index in [-0.39, 0.29) is 37.3 Å². The highest BCUT2D eigenvalue weighted by Gasteiger charge is 2.40. The van der Waals surface area contributed by atoms with E-state index in [1.807, 2.05) is 13.0 Å². The van der Waals surface area contributed by atoms with Crippen molar-refractivity contribution in [2.45, 2.75) is 81.9 Å². The molecule has 1 fully saturated rings. The highest BCUT2D eigenvalue weighted by molar-refractivity contribution is 7.46. The van der Waals surface area contributed by atoms with Crippen molar-refractivity contribution in [3.8, 4) is 0 Å². The Bertz CT molecular complexity index is 868. The van der Waals surface area contributed by atoms with E-state index >= 15 is 0 Å². The fourth-order valence-corrected chi connectivity index (χ4v) is 5.16. The molecule has 0 radical (unpaired) electrons. The highest BCUT2D eigenvalue weighted by Crippen LogP contribution is 2.42. The molecule has 1 heterocycles. The molecule has 2 rings (SSSR count). The average molecular weight is 530 g/mol. The second-order valence-electron chi connectivity index (χ2n) is 9.46. The van der Waals surface area contributed by atoms with E-state index in [1.54, 1.807) is 18.2 Å². The maximum atomic E-state index is 11.7. The van der Waals surface area contributed by atoms with Crippen LogP contribution < -0.4 is 5.73 Å². The number of allylic oxidation sites excluding steroid dienone is 3. The SMILES string of the molecule is CCC1C=CC(=O)OC1/C=C/C(O)(CCN)C(CC(O)/C=C/C=C/C1CCCC(O)C1)OP(=O)(O)O. The van der Waals surface area contributed by atoms with Crippen LogP contribution in [-0.2, 0) is 18.6 Å². The first kappa shape index (κ1) is 30.6. The van der Waals surface area contributed by atoms with Crippen LogP contribution in [0.1, 0.15) is 51.9 Å². The summed E-state index contributed by atoms with van der Waals surface area (Å²) in [6, 6.07) is 0. The molecule has 0 saturated heterocycles. The first-order valence-corrected chi connectivity index (χ1v) is 13.9. The number of esters is 1. The Balaban J connectivity index is 2.16. The molecule has 0 amide bonds. The van der Waals surface area contributed by atoms with Crippen LogP contribution in [0.25, 0.3) is 0 Å². The van der Waals surface area contributed by atoms with Crippen LogP contribution in [0.3, 0.4) is 0 Å². The fourth-order valence-electron chi connectivity index (χ4n) is 4.56. The molecule has 1 aliphatic carbocycles. The van der Waals surface area contributed by atoms with E-state index in [9.17, 15) is 34.5 Å². The quantitative estimate of drug-likeness (QED) is 0.0894. The summed E-state index contributed by atoms with van der Waals surface area (Å²) in [6.45, 7) is 1.87. The smallest absolute Gasteiger partial charge is 0.454 e. The predicted octanol–water partition coefficient (Wildman–Crippen LogP) is 2.02. The zero-order valence-corrected chi connectivity index (χ0v) is 21.5. The molecule has 7 N–H and O–H groups in total. The molecule has 36 heavy (non-hydrogen) atoms. The number of aliphatic hydroxyl groups is 3. The van der Waals surface area contributed by atoms with Gasteiger partial charge >= 0.3 is 13.8 Å². The summed E-state index contributed by atoms with van der Waals surface area (Å²) in [7, 11) is -5.04. The zero-order chi connectivity index (χ0) is 26.8. The maximum absolute atomic E-state index is 11.7. The minimum atomic E-state index is -5.04. The molecule has 10 nitrogen and oxygen atoms in total. The van der Waals surface area contributed by atoms with Crippen LogP contribution in [0.15, 0.2) is 48.6 Å². The van der Waals surface area contributed by atoms with E-state index in [4.69, 9.17) is 15.0 Å². The summed E-state index contributed by atoms with van der Waals surface area (Å²) in [5, 5.41) is 31.6. The van der Waals surface area contributed by atoms with Crippen molar-refractivity contribution < 1.29 is 43.7 Å². The molecule has 0 aromatic carbocycles. The van der Waals surface area contributed by atoms with Gasteiger partial charge in [-0.3, -0.25) is 4.52 Å². The fraction of sp³-hybridized carbons (Fsp3) is 0.640. The number of cyclic esters (lactones) is 1. The maximum Gasteiger partial charge on any atom is 0.469 e. The summed E-state index contributed by atoms with van der Waals surface area (Å²) in [6.07, 6.45) is 12.5. The van der Waals surface area contributed by atoms with Crippen molar-refractivity contribution in [2.24, 2.45) is 17.6 Å². The van der Waals surface area contributed by atoms with Crippen molar-refractivity contribution in [1.29, 1.82) is 0 Å². The molecule has 0 bridgehead atoms. The Labute approximate surface area is 212 Å². The standard InChI is InChI=1S/C25H40NO9P/c1-2-19-10-11-24(29)34-22(19)12-13-25(30,14-15-26)23(35-36(31,32)33)17-21(28)8-4-3-6-18-7-5-9-20(27)16-18/h3-4,6,8,10-13,18-23,27-28,30H,2,5,7,9,14-17,26H2,1H3,(H2,31,32,33)/b6-3+,8-4+,13-12+. The number of nitrogens with two attached hydrogens (primary N) is 1. The third-order valence-corrected chi connectivity index (χ3v) is 7.07.